The summed E-state index contributed by atoms with van der Waals surface area (Å²) >= 11 is 0. The van der Waals surface area contributed by atoms with Gasteiger partial charge >= 0.3 is 5.97 Å². The molecule has 1 fully saturated rings. The van der Waals surface area contributed by atoms with Crippen molar-refractivity contribution in [2.24, 2.45) is 11.8 Å². The first-order chi connectivity index (χ1) is 8.27. The number of carbonyl (C=O) groups is 1. The van der Waals surface area contributed by atoms with E-state index in [1.165, 1.54) is 6.42 Å². The molecular formula is C14H27NO2. The molecule has 0 aromatic heterocycles. The molecule has 1 aliphatic carbocycles. The molecule has 0 heterocycles. The first kappa shape index (κ1) is 14.5. The van der Waals surface area contributed by atoms with Crippen LogP contribution in [-0.2, 0) is 9.53 Å². The van der Waals surface area contributed by atoms with E-state index in [9.17, 15) is 4.79 Å². The highest BCUT2D eigenvalue weighted by Gasteiger charge is 2.26. The lowest BCUT2D eigenvalue weighted by Crippen LogP contribution is -2.28. The number of hydrogen-bond donors (Lipinski definition) is 1. The predicted molar refractivity (Wildman–Crippen MR) is 69.9 cm³/mol. The van der Waals surface area contributed by atoms with E-state index in [1.54, 1.807) is 0 Å². The Balaban J connectivity index is 2.12. The van der Waals surface area contributed by atoms with E-state index < -0.39 is 0 Å². The second-order valence-electron chi connectivity index (χ2n) is 5.15. The van der Waals surface area contributed by atoms with Gasteiger partial charge in [-0.3, -0.25) is 4.79 Å². The number of esters is 1. The number of hydrogen-bond acceptors (Lipinski definition) is 3. The van der Waals surface area contributed by atoms with Gasteiger partial charge in [-0.15, -0.1) is 0 Å². The normalized spacial score (nSPS) is 24.6. The first-order valence-electron chi connectivity index (χ1n) is 7.09. The number of unbranched alkanes of at least 4 members (excludes halogenated alkanes) is 2. The smallest absolute Gasteiger partial charge is 0.308 e. The van der Waals surface area contributed by atoms with Gasteiger partial charge < -0.3 is 10.1 Å². The zero-order valence-corrected chi connectivity index (χ0v) is 11.3. The summed E-state index contributed by atoms with van der Waals surface area (Å²) in [6.07, 6.45) is 7.69. The van der Waals surface area contributed by atoms with Crippen LogP contribution in [0.15, 0.2) is 0 Å². The second-order valence-corrected chi connectivity index (χ2v) is 5.15. The van der Waals surface area contributed by atoms with E-state index in [2.05, 4.69) is 12.2 Å². The molecule has 3 nitrogen and oxygen atoms in total. The topological polar surface area (TPSA) is 38.3 Å². The third kappa shape index (κ3) is 5.53. The van der Waals surface area contributed by atoms with Crippen molar-refractivity contribution >= 4 is 5.97 Å². The summed E-state index contributed by atoms with van der Waals surface area (Å²) in [5, 5.41) is 3.21. The molecule has 1 rings (SSSR count). The maximum absolute atomic E-state index is 11.8. The molecule has 0 bridgehead atoms. The van der Waals surface area contributed by atoms with Crippen molar-refractivity contribution in [2.45, 2.75) is 51.9 Å². The van der Waals surface area contributed by atoms with Gasteiger partial charge in [0.05, 0.1) is 12.5 Å². The van der Waals surface area contributed by atoms with Gasteiger partial charge in [0.1, 0.15) is 0 Å². The SMILES string of the molecule is CCCCCOC(=O)[C@H]1CC[C@H](CNC)CC1. The number of nitrogens with one attached hydrogen (secondary N) is 1. The summed E-state index contributed by atoms with van der Waals surface area (Å²) in [7, 11) is 1.99. The fourth-order valence-corrected chi connectivity index (χ4v) is 2.53. The standard InChI is InChI=1S/C14H27NO2/c1-3-4-5-10-17-14(16)13-8-6-12(7-9-13)11-15-2/h12-13,15H,3-11H2,1-2H3/t12-,13-. The zero-order valence-electron chi connectivity index (χ0n) is 11.3. The molecule has 100 valence electrons. The van der Waals surface area contributed by atoms with Gasteiger partial charge in [-0.25, -0.2) is 0 Å². The molecule has 1 N–H and O–H groups in total. The molecule has 1 aliphatic rings. The number of rotatable bonds is 7. The molecular weight excluding hydrogens is 214 g/mol. The van der Waals surface area contributed by atoms with E-state index >= 15 is 0 Å². The van der Waals surface area contributed by atoms with E-state index in [4.69, 9.17) is 4.74 Å². The van der Waals surface area contributed by atoms with Crippen LogP contribution in [0.1, 0.15) is 51.9 Å². The molecule has 3 heteroatoms. The monoisotopic (exact) mass is 241 g/mol. The fourth-order valence-electron chi connectivity index (χ4n) is 2.53. The van der Waals surface area contributed by atoms with Crippen LogP contribution in [0.4, 0.5) is 0 Å². The summed E-state index contributed by atoms with van der Waals surface area (Å²) in [4.78, 5) is 11.8. The quantitative estimate of drug-likeness (QED) is 0.550. The number of ether oxygens (including phenoxy) is 1. The number of carbonyl (C=O) groups excluding carboxylic acids is 1. The minimum absolute atomic E-state index is 0.0454. The van der Waals surface area contributed by atoms with Crippen molar-refractivity contribution in [3.63, 3.8) is 0 Å². The summed E-state index contributed by atoms with van der Waals surface area (Å²) in [5.41, 5.74) is 0. The average Bonchev–Trinajstić information content (AvgIpc) is 2.36. The third-order valence-electron chi connectivity index (χ3n) is 3.67. The molecule has 0 saturated heterocycles. The Bertz CT molecular complexity index is 210. The van der Waals surface area contributed by atoms with Crippen molar-refractivity contribution in [2.75, 3.05) is 20.2 Å². The molecule has 0 aromatic rings. The Morgan fingerprint density at radius 3 is 2.53 bits per heavy atom. The Morgan fingerprint density at radius 2 is 1.94 bits per heavy atom. The van der Waals surface area contributed by atoms with Crippen LogP contribution in [-0.4, -0.2) is 26.2 Å². The van der Waals surface area contributed by atoms with Gasteiger partial charge in [0.15, 0.2) is 0 Å². The largest absolute Gasteiger partial charge is 0.465 e. The molecule has 0 unspecified atom stereocenters. The lowest BCUT2D eigenvalue weighted by Gasteiger charge is -2.27. The minimum atomic E-state index is 0.0454. The van der Waals surface area contributed by atoms with Crippen LogP contribution >= 0.6 is 0 Å². The Hall–Kier alpha value is -0.570. The third-order valence-corrected chi connectivity index (χ3v) is 3.67. The molecule has 0 amide bonds. The van der Waals surface area contributed by atoms with Crippen molar-refractivity contribution in [1.82, 2.24) is 5.32 Å². The van der Waals surface area contributed by atoms with E-state index in [1.807, 2.05) is 7.05 Å². The van der Waals surface area contributed by atoms with Crippen LogP contribution in [0.3, 0.4) is 0 Å². The van der Waals surface area contributed by atoms with E-state index in [0.29, 0.717) is 6.61 Å². The van der Waals surface area contributed by atoms with Gasteiger partial charge in [0.25, 0.3) is 0 Å². The van der Waals surface area contributed by atoms with Gasteiger partial charge in [-0.05, 0) is 51.6 Å². The summed E-state index contributed by atoms with van der Waals surface area (Å²) in [6, 6.07) is 0. The summed E-state index contributed by atoms with van der Waals surface area (Å²) < 4.78 is 5.32. The van der Waals surface area contributed by atoms with Crippen LogP contribution in [0.5, 0.6) is 0 Å². The van der Waals surface area contributed by atoms with Gasteiger partial charge in [-0.1, -0.05) is 19.8 Å². The van der Waals surface area contributed by atoms with Crippen LogP contribution in [0, 0.1) is 11.8 Å². The highest BCUT2D eigenvalue weighted by molar-refractivity contribution is 5.72. The predicted octanol–water partition coefficient (Wildman–Crippen LogP) is 2.75. The van der Waals surface area contributed by atoms with Crippen molar-refractivity contribution < 1.29 is 9.53 Å². The lowest BCUT2D eigenvalue weighted by atomic mass is 9.82. The maximum atomic E-state index is 11.8. The highest BCUT2D eigenvalue weighted by atomic mass is 16.5. The summed E-state index contributed by atoms with van der Waals surface area (Å²) in [5.74, 6) is 0.970. The van der Waals surface area contributed by atoms with E-state index in [-0.39, 0.29) is 11.9 Å². The molecule has 0 radical (unpaired) electrons. The maximum Gasteiger partial charge on any atom is 0.308 e. The second kappa shape index (κ2) is 8.51. The van der Waals surface area contributed by atoms with Crippen LogP contribution in [0.2, 0.25) is 0 Å². The fraction of sp³-hybridized carbons (Fsp3) is 0.929. The molecule has 0 aliphatic heterocycles. The molecule has 17 heavy (non-hydrogen) atoms. The molecule has 1 saturated carbocycles. The van der Waals surface area contributed by atoms with Gasteiger partial charge in [0.2, 0.25) is 0 Å². The van der Waals surface area contributed by atoms with Gasteiger partial charge in [0, 0.05) is 0 Å². The molecule has 0 aromatic carbocycles. The van der Waals surface area contributed by atoms with Crippen molar-refractivity contribution in [3.05, 3.63) is 0 Å². The first-order valence-corrected chi connectivity index (χ1v) is 7.09. The molecule has 0 spiro atoms. The zero-order chi connectivity index (χ0) is 12.5. The van der Waals surface area contributed by atoms with Gasteiger partial charge in [-0.2, -0.15) is 0 Å². The summed E-state index contributed by atoms with van der Waals surface area (Å²) in [6.45, 7) is 3.85. The van der Waals surface area contributed by atoms with Crippen LogP contribution in [0.25, 0.3) is 0 Å². The van der Waals surface area contributed by atoms with Crippen molar-refractivity contribution in [3.8, 4) is 0 Å². The highest BCUT2D eigenvalue weighted by Crippen LogP contribution is 2.29. The lowest BCUT2D eigenvalue weighted by molar-refractivity contribution is -0.150. The average molecular weight is 241 g/mol. The Labute approximate surface area is 105 Å². The van der Waals surface area contributed by atoms with Crippen molar-refractivity contribution in [1.29, 1.82) is 0 Å². The molecule has 0 atom stereocenters. The minimum Gasteiger partial charge on any atom is -0.465 e. The Kier molecular flexibility index (Phi) is 7.25. The van der Waals surface area contributed by atoms with Crippen LogP contribution < -0.4 is 5.32 Å². The van der Waals surface area contributed by atoms with E-state index in [0.717, 1.165) is 51.0 Å². The Morgan fingerprint density at radius 1 is 1.24 bits per heavy atom.